The van der Waals surface area contributed by atoms with Crippen molar-refractivity contribution >= 4 is 45.7 Å². The summed E-state index contributed by atoms with van der Waals surface area (Å²) in [5.41, 5.74) is 3.76. The minimum atomic E-state index is -0.393. The van der Waals surface area contributed by atoms with Crippen LogP contribution in [0.3, 0.4) is 0 Å². The first kappa shape index (κ1) is 18.0. The molecule has 0 fully saturated rings. The molecule has 1 amide bonds. The molecular weight excluding hydrogens is 396 g/mol. The molecule has 2 rings (SSSR count). The average molecular weight is 410 g/mol. The quantitative estimate of drug-likeness (QED) is 0.446. The van der Waals surface area contributed by atoms with Crippen LogP contribution in [0.5, 0.6) is 11.5 Å². The molecule has 24 heavy (non-hydrogen) atoms. The normalized spacial score (nSPS) is 11.1. The van der Waals surface area contributed by atoms with Crippen molar-refractivity contribution in [2.45, 2.75) is 0 Å². The van der Waals surface area contributed by atoms with Crippen LogP contribution < -0.4 is 10.2 Å². The predicted octanol–water partition coefficient (Wildman–Crippen LogP) is 3.98. The topological polar surface area (TPSA) is 70.9 Å². The molecule has 5 nitrogen and oxygen atoms in total. The van der Waals surface area contributed by atoms with Crippen molar-refractivity contribution in [2.75, 3.05) is 7.11 Å². The van der Waals surface area contributed by atoms with Gasteiger partial charge in [0.25, 0.3) is 5.91 Å². The third-order valence-corrected chi connectivity index (χ3v) is 3.93. The fraction of sp³-hybridized carbons (Fsp3) is 0.0588. The molecule has 0 spiro atoms. The number of aromatic hydroxyl groups is 1. The van der Waals surface area contributed by atoms with Crippen LogP contribution in [-0.4, -0.2) is 24.3 Å². The van der Waals surface area contributed by atoms with Gasteiger partial charge in [0.15, 0.2) is 11.5 Å². The van der Waals surface area contributed by atoms with Gasteiger partial charge < -0.3 is 9.84 Å². The summed E-state index contributed by atoms with van der Waals surface area (Å²) in [5, 5.41) is 14.1. The van der Waals surface area contributed by atoms with E-state index in [1.165, 1.54) is 19.4 Å². The lowest BCUT2D eigenvalue weighted by Crippen LogP contribution is -2.14. The Kier molecular flexibility index (Phi) is 6.40. The number of methoxy groups -OCH3 is 1. The summed E-state index contributed by atoms with van der Waals surface area (Å²) in [6.45, 7) is 0. The first-order valence-corrected chi connectivity index (χ1v) is 8.00. The Balaban J connectivity index is 2.00. The highest BCUT2D eigenvalue weighted by Crippen LogP contribution is 2.34. The molecule has 0 aliphatic heterocycles. The van der Waals surface area contributed by atoms with E-state index in [1.807, 2.05) is 12.1 Å². The maximum absolute atomic E-state index is 11.7. The van der Waals surface area contributed by atoms with Gasteiger partial charge in [-0.1, -0.05) is 29.8 Å². The van der Waals surface area contributed by atoms with Crippen molar-refractivity contribution in [1.29, 1.82) is 0 Å². The van der Waals surface area contributed by atoms with Crippen LogP contribution in [0.4, 0.5) is 0 Å². The Morgan fingerprint density at radius 3 is 2.83 bits per heavy atom. The van der Waals surface area contributed by atoms with E-state index in [9.17, 15) is 9.90 Å². The summed E-state index contributed by atoms with van der Waals surface area (Å²) in [4.78, 5) is 11.7. The van der Waals surface area contributed by atoms with Crippen LogP contribution in [0.15, 0.2) is 52.0 Å². The molecule has 2 aromatic carbocycles. The van der Waals surface area contributed by atoms with Gasteiger partial charge in [-0.15, -0.1) is 0 Å². The number of phenols is 1. The molecule has 2 aromatic rings. The summed E-state index contributed by atoms with van der Waals surface area (Å²) in [6, 6.07) is 10.4. The zero-order chi connectivity index (χ0) is 17.5. The second-order valence-electron chi connectivity index (χ2n) is 4.64. The number of nitrogens with one attached hydrogen (secondary N) is 1. The van der Waals surface area contributed by atoms with Crippen molar-refractivity contribution < 1.29 is 14.6 Å². The lowest BCUT2D eigenvalue weighted by molar-refractivity contribution is -0.116. The zero-order valence-electron chi connectivity index (χ0n) is 12.7. The van der Waals surface area contributed by atoms with E-state index in [2.05, 4.69) is 26.5 Å². The summed E-state index contributed by atoms with van der Waals surface area (Å²) >= 11 is 9.21. The van der Waals surface area contributed by atoms with E-state index in [4.69, 9.17) is 16.3 Å². The highest BCUT2D eigenvalue weighted by Gasteiger charge is 2.07. The Hall–Kier alpha value is -2.31. The number of hydrogen-bond acceptors (Lipinski definition) is 4. The number of hydrogen-bond donors (Lipinski definition) is 2. The van der Waals surface area contributed by atoms with E-state index in [0.717, 1.165) is 5.56 Å². The molecule has 0 saturated carbocycles. The molecule has 0 aliphatic rings. The van der Waals surface area contributed by atoms with Gasteiger partial charge in [-0.2, -0.15) is 5.10 Å². The van der Waals surface area contributed by atoms with Crippen molar-refractivity contribution in [1.82, 2.24) is 5.43 Å². The number of rotatable bonds is 5. The number of halogens is 2. The highest BCUT2D eigenvalue weighted by molar-refractivity contribution is 9.10. The molecule has 0 radical (unpaired) electrons. The lowest BCUT2D eigenvalue weighted by atomic mass is 10.2. The van der Waals surface area contributed by atoms with Crippen molar-refractivity contribution in [3.8, 4) is 11.5 Å². The third-order valence-electron chi connectivity index (χ3n) is 2.98. The second-order valence-corrected chi connectivity index (χ2v) is 5.90. The molecule has 0 aromatic heterocycles. The number of ether oxygens (including phenoxy) is 1. The maximum atomic E-state index is 11.7. The van der Waals surface area contributed by atoms with Crippen LogP contribution in [0, 0.1) is 0 Å². The molecule has 124 valence electrons. The third kappa shape index (κ3) is 4.84. The summed E-state index contributed by atoms with van der Waals surface area (Å²) in [7, 11) is 1.45. The van der Waals surface area contributed by atoms with E-state index >= 15 is 0 Å². The maximum Gasteiger partial charge on any atom is 0.264 e. The van der Waals surface area contributed by atoms with Crippen LogP contribution in [0.25, 0.3) is 6.08 Å². The molecule has 0 unspecified atom stereocenters. The van der Waals surface area contributed by atoms with Gasteiger partial charge in [0.2, 0.25) is 0 Å². The van der Waals surface area contributed by atoms with Crippen LogP contribution in [0.2, 0.25) is 5.02 Å². The van der Waals surface area contributed by atoms with Gasteiger partial charge in [-0.25, -0.2) is 5.43 Å². The van der Waals surface area contributed by atoms with Gasteiger partial charge in [-0.3, -0.25) is 4.79 Å². The smallest absolute Gasteiger partial charge is 0.264 e. The molecule has 0 heterocycles. The van der Waals surface area contributed by atoms with Crippen molar-refractivity contribution in [2.24, 2.45) is 5.10 Å². The standard InChI is InChI=1S/C17H14BrClN2O3/c1-24-15-9-11(8-13(18)17(15)23)10-20-21-16(22)7-6-12-4-2-3-5-14(12)19/h2-10,23H,1H3,(H,21,22)/b7-6+,20-10-. The molecule has 2 N–H and O–H groups in total. The lowest BCUT2D eigenvalue weighted by Gasteiger charge is -2.06. The number of carbonyl (C=O) groups excluding carboxylic acids is 1. The first-order chi connectivity index (χ1) is 11.5. The van der Waals surface area contributed by atoms with Gasteiger partial charge in [0, 0.05) is 11.1 Å². The molecule has 0 saturated heterocycles. The monoisotopic (exact) mass is 408 g/mol. The van der Waals surface area contributed by atoms with Gasteiger partial charge in [0.1, 0.15) is 0 Å². The number of nitrogens with zero attached hydrogens (tertiary/aromatic N) is 1. The minimum absolute atomic E-state index is 0.00126. The largest absolute Gasteiger partial charge is 0.503 e. The number of hydrazone groups is 1. The van der Waals surface area contributed by atoms with E-state index in [1.54, 1.807) is 30.3 Å². The zero-order valence-corrected chi connectivity index (χ0v) is 15.0. The van der Waals surface area contributed by atoms with E-state index < -0.39 is 5.91 Å². The number of benzene rings is 2. The van der Waals surface area contributed by atoms with Gasteiger partial charge >= 0.3 is 0 Å². The fourth-order valence-corrected chi connectivity index (χ4v) is 2.47. The summed E-state index contributed by atoms with van der Waals surface area (Å²) < 4.78 is 5.51. The molecule has 0 atom stereocenters. The Labute approximate surface area is 152 Å². The molecular formula is C17H14BrClN2O3. The van der Waals surface area contributed by atoms with E-state index in [-0.39, 0.29) is 5.75 Å². The van der Waals surface area contributed by atoms with Crippen molar-refractivity contribution in [3.05, 3.63) is 63.1 Å². The number of phenolic OH excluding ortho intramolecular Hbond substituents is 1. The van der Waals surface area contributed by atoms with Crippen LogP contribution in [0.1, 0.15) is 11.1 Å². The SMILES string of the molecule is COc1cc(/C=N\NC(=O)/C=C/c2ccccc2Cl)cc(Br)c1O. The first-order valence-electron chi connectivity index (χ1n) is 6.83. The minimum Gasteiger partial charge on any atom is -0.503 e. The number of carbonyl (C=O) groups is 1. The van der Waals surface area contributed by atoms with Gasteiger partial charge in [-0.05, 0) is 51.3 Å². The van der Waals surface area contributed by atoms with Crippen LogP contribution in [-0.2, 0) is 4.79 Å². The highest BCUT2D eigenvalue weighted by atomic mass is 79.9. The fourth-order valence-electron chi connectivity index (χ4n) is 1.81. The molecule has 7 heteroatoms. The summed E-state index contributed by atoms with van der Waals surface area (Å²) in [6.07, 6.45) is 4.38. The Bertz CT molecular complexity index is 806. The molecule has 0 aliphatic carbocycles. The summed E-state index contributed by atoms with van der Waals surface area (Å²) in [5.74, 6) is -0.0897. The second kappa shape index (κ2) is 8.52. The van der Waals surface area contributed by atoms with Gasteiger partial charge in [0.05, 0.1) is 17.8 Å². The molecule has 0 bridgehead atoms. The Morgan fingerprint density at radius 2 is 2.12 bits per heavy atom. The van der Waals surface area contributed by atoms with Crippen molar-refractivity contribution in [3.63, 3.8) is 0 Å². The van der Waals surface area contributed by atoms with E-state index in [0.29, 0.717) is 20.8 Å². The Morgan fingerprint density at radius 1 is 1.38 bits per heavy atom. The predicted molar refractivity (Wildman–Crippen MR) is 98.6 cm³/mol. The number of amides is 1. The average Bonchev–Trinajstić information content (AvgIpc) is 2.57. The van der Waals surface area contributed by atoms with Crippen LogP contribution >= 0.6 is 27.5 Å².